The van der Waals surface area contributed by atoms with E-state index in [-0.39, 0.29) is 36.0 Å². The fourth-order valence-corrected chi connectivity index (χ4v) is 5.74. The highest BCUT2D eigenvalue weighted by Gasteiger charge is 2.33. The van der Waals surface area contributed by atoms with Crippen LogP contribution < -0.4 is 10.1 Å². The van der Waals surface area contributed by atoms with Gasteiger partial charge in [0, 0.05) is 38.8 Å². The molecule has 33 heavy (non-hydrogen) atoms. The summed E-state index contributed by atoms with van der Waals surface area (Å²) >= 11 is 0. The van der Waals surface area contributed by atoms with E-state index in [4.69, 9.17) is 0 Å². The molecule has 10 heteroatoms. The molecule has 3 aromatic rings. The van der Waals surface area contributed by atoms with Crippen molar-refractivity contribution in [3.05, 3.63) is 70.4 Å². The van der Waals surface area contributed by atoms with Crippen LogP contribution in [0.25, 0.3) is 5.65 Å². The molecule has 2 aromatic heterocycles. The van der Waals surface area contributed by atoms with Crippen LogP contribution in [0.3, 0.4) is 0 Å². The first-order chi connectivity index (χ1) is 15.8. The number of hydrogen-bond acceptors (Lipinski definition) is 5. The Balaban J connectivity index is 1.36. The SMILES string of the molecule is O=c1c(CN2CCN(S(=O)(=O)c3ccc(F)cc3)CC2)c(O)[n+](CC2CC2)c2ccccn12. The molecule has 174 valence electrons. The lowest BCUT2D eigenvalue weighted by Gasteiger charge is -2.33. The highest BCUT2D eigenvalue weighted by Crippen LogP contribution is 2.30. The van der Waals surface area contributed by atoms with Gasteiger partial charge in [-0.05, 0) is 49.1 Å². The van der Waals surface area contributed by atoms with Gasteiger partial charge < -0.3 is 5.11 Å². The minimum Gasteiger partial charge on any atom is -0.477 e. The summed E-state index contributed by atoms with van der Waals surface area (Å²) < 4.78 is 43.6. The molecule has 0 radical (unpaired) electrons. The van der Waals surface area contributed by atoms with Crippen molar-refractivity contribution in [3.8, 4) is 5.88 Å². The van der Waals surface area contributed by atoms with Crippen LogP contribution in [-0.4, -0.2) is 53.3 Å². The third-order valence-electron chi connectivity index (χ3n) is 6.42. The van der Waals surface area contributed by atoms with E-state index in [1.54, 1.807) is 16.7 Å². The standard InChI is InChI=1S/C23H25FN4O4S/c24-18-6-8-19(9-7-18)33(31,32)26-13-11-25(12-14-26)16-20-22(29)27-10-2-1-3-21(27)28(23(20)30)15-17-4-5-17/h1-3,6-10,17H,4-5,11-16H2/p+1. The van der Waals surface area contributed by atoms with E-state index in [0.717, 1.165) is 25.0 Å². The van der Waals surface area contributed by atoms with Gasteiger partial charge in [0.25, 0.3) is 11.5 Å². The van der Waals surface area contributed by atoms with Gasteiger partial charge in [0.2, 0.25) is 10.0 Å². The molecule has 0 spiro atoms. The number of rotatable bonds is 6. The van der Waals surface area contributed by atoms with Crippen molar-refractivity contribution in [2.24, 2.45) is 5.92 Å². The lowest BCUT2D eigenvalue weighted by molar-refractivity contribution is -0.684. The molecule has 1 N–H and O–H groups in total. The van der Waals surface area contributed by atoms with Crippen LogP contribution >= 0.6 is 0 Å². The number of benzene rings is 1. The molecule has 1 saturated heterocycles. The van der Waals surface area contributed by atoms with E-state index in [0.29, 0.717) is 36.8 Å². The van der Waals surface area contributed by atoms with E-state index in [9.17, 15) is 22.7 Å². The van der Waals surface area contributed by atoms with Gasteiger partial charge in [-0.1, -0.05) is 6.07 Å². The van der Waals surface area contributed by atoms with Gasteiger partial charge in [-0.15, -0.1) is 0 Å². The molecule has 0 unspecified atom stereocenters. The van der Waals surface area contributed by atoms with Gasteiger partial charge in [0.15, 0.2) is 0 Å². The zero-order valence-electron chi connectivity index (χ0n) is 18.1. The summed E-state index contributed by atoms with van der Waals surface area (Å²) in [5, 5.41) is 11.0. The lowest BCUT2D eigenvalue weighted by Crippen LogP contribution is -2.49. The van der Waals surface area contributed by atoms with Gasteiger partial charge in [-0.3, -0.25) is 4.90 Å². The number of pyridine rings is 1. The van der Waals surface area contributed by atoms with Crippen LogP contribution in [0.1, 0.15) is 18.4 Å². The van der Waals surface area contributed by atoms with E-state index < -0.39 is 15.8 Å². The molecule has 3 heterocycles. The van der Waals surface area contributed by atoms with Gasteiger partial charge in [-0.2, -0.15) is 13.3 Å². The highest BCUT2D eigenvalue weighted by molar-refractivity contribution is 7.89. The minimum atomic E-state index is -3.71. The maximum atomic E-state index is 13.2. The Labute approximate surface area is 191 Å². The van der Waals surface area contributed by atoms with Crippen LogP contribution in [0, 0.1) is 11.7 Å². The number of hydrogen-bond donors (Lipinski definition) is 1. The average Bonchev–Trinajstić information content (AvgIpc) is 3.64. The molecule has 1 aromatic carbocycles. The molecule has 0 amide bonds. The fraction of sp³-hybridized carbons (Fsp3) is 0.391. The number of halogens is 1. The molecule has 1 aliphatic heterocycles. The van der Waals surface area contributed by atoms with Crippen LogP contribution in [0.2, 0.25) is 0 Å². The Kier molecular flexibility index (Phi) is 5.67. The average molecular weight is 474 g/mol. The van der Waals surface area contributed by atoms with Crippen LogP contribution in [-0.2, 0) is 23.1 Å². The maximum Gasteiger partial charge on any atom is 0.350 e. The fourth-order valence-electron chi connectivity index (χ4n) is 4.32. The van der Waals surface area contributed by atoms with Crippen LogP contribution in [0.15, 0.2) is 58.4 Å². The summed E-state index contributed by atoms with van der Waals surface area (Å²) in [7, 11) is -3.71. The first-order valence-electron chi connectivity index (χ1n) is 11.1. The van der Waals surface area contributed by atoms with Gasteiger partial charge in [0.1, 0.15) is 11.4 Å². The predicted molar refractivity (Wildman–Crippen MR) is 119 cm³/mol. The Hall–Kier alpha value is -2.82. The molecule has 1 saturated carbocycles. The Morgan fingerprint density at radius 2 is 1.73 bits per heavy atom. The molecule has 2 fully saturated rings. The summed E-state index contributed by atoms with van der Waals surface area (Å²) in [4.78, 5) is 15.2. The molecule has 0 atom stereocenters. The number of aromatic nitrogens is 2. The van der Waals surface area contributed by atoms with E-state index in [2.05, 4.69) is 0 Å². The summed E-state index contributed by atoms with van der Waals surface area (Å²) in [5.74, 6) is 0.00843. The van der Waals surface area contributed by atoms with Crippen molar-refractivity contribution in [1.29, 1.82) is 0 Å². The molecular formula is C23H26FN4O4S+. The number of aromatic hydroxyl groups is 1. The normalized spacial score (nSPS) is 18.1. The minimum absolute atomic E-state index is 0.0144. The molecule has 2 aliphatic rings. The van der Waals surface area contributed by atoms with Crippen molar-refractivity contribution in [2.45, 2.75) is 30.8 Å². The third kappa shape index (κ3) is 4.25. The van der Waals surface area contributed by atoms with Gasteiger partial charge in [-0.25, -0.2) is 17.6 Å². The zero-order chi connectivity index (χ0) is 23.2. The second kappa shape index (κ2) is 8.51. The Morgan fingerprint density at radius 3 is 2.39 bits per heavy atom. The van der Waals surface area contributed by atoms with Crippen molar-refractivity contribution in [2.75, 3.05) is 26.2 Å². The molecule has 0 bridgehead atoms. The van der Waals surface area contributed by atoms with E-state index in [1.165, 1.54) is 16.4 Å². The van der Waals surface area contributed by atoms with Crippen LogP contribution in [0.4, 0.5) is 4.39 Å². The zero-order valence-corrected chi connectivity index (χ0v) is 18.9. The van der Waals surface area contributed by atoms with Crippen molar-refractivity contribution in [1.82, 2.24) is 13.6 Å². The van der Waals surface area contributed by atoms with E-state index in [1.807, 2.05) is 21.6 Å². The summed E-state index contributed by atoms with van der Waals surface area (Å²) in [6.07, 6.45) is 3.94. The summed E-state index contributed by atoms with van der Waals surface area (Å²) in [5.41, 5.74) is 0.705. The summed E-state index contributed by atoms with van der Waals surface area (Å²) in [6, 6.07) is 10.3. The Morgan fingerprint density at radius 1 is 1.03 bits per heavy atom. The quantitative estimate of drug-likeness (QED) is 0.547. The molecule has 5 rings (SSSR count). The van der Waals surface area contributed by atoms with Gasteiger partial charge in [0.05, 0.1) is 17.6 Å². The second-order valence-corrected chi connectivity index (χ2v) is 10.7. The van der Waals surface area contributed by atoms with Crippen molar-refractivity contribution < 1.29 is 22.5 Å². The first kappa shape index (κ1) is 22.0. The number of piperazine rings is 1. The Bertz CT molecular complexity index is 1350. The van der Waals surface area contributed by atoms with Gasteiger partial charge >= 0.3 is 5.56 Å². The molecular weight excluding hydrogens is 447 g/mol. The van der Waals surface area contributed by atoms with Crippen molar-refractivity contribution in [3.63, 3.8) is 0 Å². The number of fused-ring (bicyclic) bond motifs is 1. The predicted octanol–water partition coefficient (Wildman–Crippen LogP) is 1.35. The number of nitrogens with zero attached hydrogens (tertiary/aromatic N) is 4. The van der Waals surface area contributed by atoms with Crippen LogP contribution in [0.5, 0.6) is 5.88 Å². The topological polar surface area (TPSA) is 86.2 Å². The van der Waals surface area contributed by atoms with Crippen molar-refractivity contribution >= 4 is 15.7 Å². The smallest absolute Gasteiger partial charge is 0.350 e. The monoisotopic (exact) mass is 473 g/mol. The maximum absolute atomic E-state index is 13.2. The molecule has 8 nitrogen and oxygen atoms in total. The number of sulfonamides is 1. The lowest BCUT2D eigenvalue weighted by atomic mass is 10.2. The van der Waals surface area contributed by atoms with E-state index >= 15 is 0 Å². The first-order valence-corrected chi connectivity index (χ1v) is 12.5. The second-order valence-electron chi connectivity index (χ2n) is 8.72. The molecule has 1 aliphatic carbocycles. The highest BCUT2D eigenvalue weighted by atomic mass is 32.2. The summed E-state index contributed by atoms with van der Waals surface area (Å²) in [6.45, 7) is 2.22. The largest absolute Gasteiger partial charge is 0.477 e. The third-order valence-corrected chi connectivity index (χ3v) is 8.33.